The monoisotopic (exact) mass is 468 g/mol. The molecule has 3 aromatic carbocycles. The highest BCUT2D eigenvalue weighted by Gasteiger charge is 2.33. The predicted octanol–water partition coefficient (Wildman–Crippen LogP) is 4.82. The van der Waals surface area contributed by atoms with E-state index in [2.05, 4.69) is 10.0 Å². The van der Waals surface area contributed by atoms with Crippen molar-refractivity contribution < 1.29 is 22.3 Å². The molecule has 1 aliphatic rings. The number of methoxy groups -OCH3 is 1. The number of nitrogens with one attached hydrogen (secondary N) is 2. The lowest BCUT2D eigenvalue weighted by Crippen LogP contribution is -2.30. The van der Waals surface area contributed by atoms with Crippen LogP contribution in [0.15, 0.2) is 71.6 Å². The molecule has 0 aliphatic heterocycles. The number of aryl methyl sites for hydroxylation is 1. The average molecular weight is 469 g/mol. The molecule has 0 aromatic heterocycles. The molecule has 1 atom stereocenters. The minimum atomic E-state index is -4.00. The quantitative estimate of drug-likeness (QED) is 0.496. The molecule has 1 unspecified atom stereocenters. The van der Waals surface area contributed by atoms with Gasteiger partial charge in [-0.3, -0.25) is 9.52 Å². The van der Waals surface area contributed by atoms with Gasteiger partial charge in [0.25, 0.3) is 15.9 Å². The first kappa shape index (κ1) is 22.8. The minimum Gasteiger partial charge on any atom is -0.497 e. The average Bonchev–Trinajstić information content (AvgIpc) is 3.64. The van der Waals surface area contributed by atoms with E-state index in [0.29, 0.717) is 17.0 Å². The molecule has 0 saturated heterocycles. The van der Waals surface area contributed by atoms with E-state index in [1.807, 2.05) is 24.3 Å². The van der Waals surface area contributed by atoms with Crippen molar-refractivity contribution in [2.24, 2.45) is 5.92 Å². The Morgan fingerprint density at radius 2 is 1.79 bits per heavy atom. The van der Waals surface area contributed by atoms with Crippen molar-refractivity contribution >= 4 is 21.6 Å². The van der Waals surface area contributed by atoms with Gasteiger partial charge in [-0.2, -0.15) is 0 Å². The van der Waals surface area contributed by atoms with Crippen LogP contribution in [0.2, 0.25) is 0 Å². The highest BCUT2D eigenvalue weighted by molar-refractivity contribution is 7.92. The first-order chi connectivity index (χ1) is 15.8. The molecular formula is C25H25FN2O4S. The zero-order valence-corrected chi connectivity index (χ0v) is 19.2. The number of hydrogen-bond acceptors (Lipinski definition) is 4. The van der Waals surface area contributed by atoms with Crippen molar-refractivity contribution in [1.82, 2.24) is 5.32 Å². The van der Waals surface area contributed by atoms with Gasteiger partial charge in [0.15, 0.2) is 0 Å². The molecule has 1 amide bonds. The molecule has 3 aromatic rings. The van der Waals surface area contributed by atoms with E-state index in [1.54, 1.807) is 32.2 Å². The summed E-state index contributed by atoms with van der Waals surface area (Å²) in [4.78, 5) is 12.8. The largest absolute Gasteiger partial charge is 0.497 e. The van der Waals surface area contributed by atoms with Gasteiger partial charge >= 0.3 is 0 Å². The summed E-state index contributed by atoms with van der Waals surface area (Å²) in [5.41, 5.74) is 1.89. The van der Waals surface area contributed by atoms with Crippen molar-refractivity contribution in [2.75, 3.05) is 11.8 Å². The van der Waals surface area contributed by atoms with Gasteiger partial charge in [-0.1, -0.05) is 24.3 Å². The molecule has 33 heavy (non-hydrogen) atoms. The van der Waals surface area contributed by atoms with Crippen LogP contribution in [0.4, 0.5) is 10.1 Å². The number of ether oxygens (including phenoxy) is 1. The molecule has 1 fully saturated rings. The maximum absolute atomic E-state index is 13.8. The Morgan fingerprint density at radius 3 is 2.42 bits per heavy atom. The summed E-state index contributed by atoms with van der Waals surface area (Å²) in [5.74, 6) is 0.203. The summed E-state index contributed by atoms with van der Waals surface area (Å²) in [7, 11) is -2.40. The molecule has 0 radical (unpaired) electrons. The van der Waals surface area contributed by atoms with Gasteiger partial charge in [0.2, 0.25) is 0 Å². The maximum atomic E-state index is 13.8. The molecule has 0 heterocycles. The second-order valence-corrected chi connectivity index (χ2v) is 9.84. The second kappa shape index (κ2) is 9.23. The van der Waals surface area contributed by atoms with Crippen molar-refractivity contribution in [3.63, 3.8) is 0 Å². The lowest BCUT2D eigenvalue weighted by molar-refractivity contribution is 0.0931. The molecule has 2 N–H and O–H groups in total. The SMILES string of the molecule is COc1ccc(C(NC(=O)c2cccc(NS(=O)(=O)c3ccc(C)c(F)c3)c2)C2CC2)cc1. The highest BCUT2D eigenvalue weighted by atomic mass is 32.2. The molecule has 172 valence electrons. The van der Waals surface area contributed by atoms with Crippen molar-refractivity contribution in [3.8, 4) is 5.75 Å². The minimum absolute atomic E-state index is 0.140. The van der Waals surface area contributed by atoms with Gasteiger partial charge in [-0.25, -0.2) is 12.8 Å². The Kier molecular flexibility index (Phi) is 6.37. The van der Waals surface area contributed by atoms with Gasteiger partial charge in [0, 0.05) is 11.3 Å². The maximum Gasteiger partial charge on any atom is 0.261 e. The Morgan fingerprint density at radius 1 is 1.06 bits per heavy atom. The van der Waals surface area contributed by atoms with Gasteiger partial charge in [-0.05, 0) is 79.3 Å². The van der Waals surface area contributed by atoms with Gasteiger partial charge in [0.05, 0.1) is 18.0 Å². The fraction of sp³-hybridized carbons (Fsp3) is 0.240. The number of carbonyl (C=O) groups is 1. The number of carbonyl (C=O) groups excluding carboxylic acids is 1. The standard InChI is InChI=1S/C25H25FN2O4S/c1-16-6-13-22(15-23(16)26)33(30,31)28-20-5-3-4-19(14-20)25(29)27-24(17-7-8-17)18-9-11-21(32-2)12-10-18/h3-6,9-15,17,24,28H,7-8H2,1-2H3,(H,27,29). The van der Waals surface area contributed by atoms with Crippen LogP contribution in [-0.2, 0) is 10.0 Å². The van der Waals surface area contributed by atoms with Crippen LogP contribution in [0.3, 0.4) is 0 Å². The molecule has 6 nitrogen and oxygen atoms in total. The predicted molar refractivity (Wildman–Crippen MR) is 124 cm³/mol. The number of anilines is 1. The topological polar surface area (TPSA) is 84.5 Å². The zero-order valence-electron chi connectivity index (χ0n) is 18.3. The third kappa shape index (κ3) is 5.34. The molecule has 0 bridgehead atoms. The first-order valence-electron chi connectivity index (χ1n) is 10.6. The second-order valence-electron chi connectivity index (χ2n) is 8.16. The van der Waals surface area contributed by atoms with E-state index < -0.39 is 15.8 Å². The van der Waals surface area contributed by atoms with E-state index in [4.69, 9.17) is 4.74 Å². The van der Waals surface area contributed by atoms with E-state index in [1.165, 1.54) is 18.2 Å². The Labute approximate surface area is 192 Å². The van der Waals surface area contributed by atoms with Crippen molar-refractivity contribution in [3.05, 3.63) is 89.2 Å². The molecule has 4 rings (SSSR count). The van der Waals surface area contributed by atoms with Gasteiger partial charge < -0.3 is 10.1 Å². The van der Waals surface area contributed by atoms with E-state index in [9.17, 15) is 17.6 Å². The first-order valence-corrected chi connectivity index (χ1v) is 12.1. The highest BCUT2D eigenvalue weighted by Crippen LogP contribution is 2.41. The van der Waals surface area contributed by atoms with Crippen molar-refractivity contribution in [1.29, 1.82) is 0 Å². The number of rotatable bonds is 8. The van der Waals surface area contributed by atoms with E-state index >= 15 is 0 Å². The molecular weight excluding hydrogens is 443 g/mol. The lowest BCUT2D eigenvalue weighted by atomic mass is 10.0. The number of hydrogen-bond donors (Lipinski definition) is 2. The summed E-state index contributed by atoms with van der Waals surface area (Å²) in [6.45, 7) is 1.56. The number of benzene rings is 3. The van der Waals surface area contributed by atoms with Crippen molar-refractivity contribution in [2.45, 2.75) is 30.7 Å². The van der Waals surface area contributed by atoms with Crippen LogP contribution < -0.4 is 14.8 Å². The van der Waals surface area contributed by atoms with Crippen LogP contribution in [0.5, 0.6) is 5.75 Å². The lowest BCUT2D eigenvalue weighted by Gasteiger charge is -2.19. The fourth-order valence-corrected chi connectivity index (χ4v) is 4.68. The summed E-state index contributed by atoms with van der Waals surface area (Å²) >= 11 is 0. The van der Waals surface area contributed by atoms with E-state index in [0.717, 1.165) is 30.2 Å². The smallest absolute Gasteiger partial charge is 0.261 e. The Bertz CT molecular complexity index is 1270. The fourth-order valence-electron chi connectivity index (χ4n) is 3.62. The molecule has 1 saturated carbocycles. The van der Waals surface area contributed by atoms with E-state index in [-0.39, 0.29) is 22.5 Å². The van der Waals surface area contributed by atoms with Gasteiger partial charge in [0.1, 0.15) is 11.6 Å². The summed E-state index contributed by atoms with van der Waals surface area (Å²) < 4.78 is 46.8. The van der Waals surface area contributed by atoms with Crippen LogP contribution in [0, 0.1) is 18.7 Å². The summed E-state index contributed by atoms with van der Waals surface area (Å²) in [6.07, 6.45) is 2.06. The number of halogens is 1. The van der Waals surface area contributed by atoms with Crippen LogP contribution in [-0.4, -0.2) is 21.4 Å². The Balaban J connectivity index is 1.51. The molecule has 1 aliphatic carbocycles. The molecule has 8 heteroatoms. The zero-order chi connectivity index (χ0) is 23.6. The summed E-state index contributed by atoms with van der Waals surface area (Å²) in [5, 5.41) is 3.08. The third-order valence-corrected chi connectivity index (χ3v) is 7.06. The van der Waals surface area contributed by atoms with Crippen LogP contribution >= 0.6 is 0 Å². The number of amides is 1. The third-order valence-electron chi connectivity index (χ3n) is 5.69. The van der Waals surface area contributed by atoms with Crippen LogP contribution in [0.1, 0.15) is 40.4 Å². The number of sulfonamides is 1. The van der Waals surface area contributed by atoms with Crippen LogP contribution in [0.25, 0.3) is 0 Å². The summed E-state index contributed by atoms with van der Waals surface area (Å²) in [6, 6.07) is 17.4. The Hall–Kier alpha value is -3.39. The van der Waals surface area contributed by atoms with Gasteiger partial charge in [-0.15, -0.1) is 0 Å². The normalized spacial score (nSPS) is 14.4. The molecule has 0 spiro atoms.